The Morgan fingerprint density at radius 2 is 1.67 bits per heavy atom. The van der Waals surface area contributed by atoms with Crippen molar-refractivity contribution in [2.45, 2.75) is 56.8 Å². The van der Waals surface area contributed by atoms with Gasteiger partial charge < -0.3 is 14.7 Å². The second-order valence-corrected chi connectivity index (χ2v) is 10.2. The molecule has 3 aromatic rings. The number of carbonyl (C=O) groups excluding carboxylic acids is 1. The van der Waals surface area contributed by atoms with Crippen molar-refractivity contribution in [3.05, 3.63) is 93.6 Å². The minimum atomic E-state index is -4.75. The number of hydrogen-bond acceptors (Lipinski definition) is 5. The highest BCUT2D eigenvalue weighted by atomic mass is 19.4. The molecule has 0 spiro atoms. The van der Waals surface area contributed by atoms with Gasteiger partial charge in [0.05, 0.1) is 29.4 Å². The second kappa shape index (κ2) is 13.1. The zero-order valence-corrected chi connectivity index (χ0v) is 22.4. The maximum atomic E-state index is 13.8. The monoisotopic (exact) mass is 590 g/mol. The number of hydrogen-bond donors (Lipinski definition) is 1. The van der Waals surface area contributed by atoms with Gasteiger partial charge in [0.2, 0.25) is 0 Å². The predicted octanol–water partition coefficient (Wildman–Crippen LogP) is 5.51. The summed E-state index contributed by atoms with van der Waals surface area (Å²) in [5, 5.41) is 9.15. The van der Waals surface area contributed by atoms with Crippen LogP contribution >= 0.6 is 0 Å². The maximum Gasteiger partial charge on any atom is 0.419 e. The van der Waals surface area contributed by atoms with Crippen molar-refractivity contribution >= 4 is 19.6 Å². The van der Waals surface area contributed by atoms with Crippen LogP contribution in [-0.4, -0.2) is 52.5 Å². The van der Waals surface area contributed by atoms with Gasteiger partial charge in [-0.3, -0.25) is 4.79 Å². The van der Waals surface area contributed by atoms with E-state index in [9.17, 15) is 35.9 Å². The highest BCUT2D eigenvalue weighted by Gasteiger charge is 2.35. The molecular weight excluding hydrogens is 563 g/mol. The SMILES string of the molecule is O=C[B]N1CCC(c2ccc(Cc3ncc(C(F)(F)F)c(CCc4ccc(C(F)(F)F)cc4CC(=O)O)n3)cc2)CC1. The summed E-state index contributed by atoms with van der Waals surface area (Å²) in [5.41, 5.74) is -0.391. The molecule has 1 aromatic heterocycles. The lowest BCUT2D eigenvalue weighted by atomic mass is 9.84. The lowest BCUT2D eigenvalue weighted by Crippen LogP contribution is -2.36. The van der Waals surface area contributed by atoms with E-state index < -0.39 is 35.9 Å². The van der Waals surface area contributed by atoms with Crippen molar-refractivity contribution in [2.24, 2.45) is 0 Å². The lowest BCUT2D eigenvalue weighted by molar-refractivity contribution is -0.139. The van der Waals surface area contributed by atoms with E-state index >= 15 is 0 Å². The molecule has 13 heteroatoms. The number of alkyl halides is 6. The molecule has 1 aliphatic heterocycles. The highest BCUT2D eigenvalue weighted by molar-refractivity contribution is 6.64. The fourth-order valence-corrected chi connectivity index (χ4v) is 5.16. The molecule has 0 amide bonds. The quantitative estimate of drug-likeness (QED) is 0.191. The van der Waals surface area contributed by atoms with Gasteiger partial charge in [-0.2, -0.15) is 26.3 Å². The van der Waals surface area contributed by atoms with Gasteiger partial charge in [-0.1, -0.05) is 30.3 Å². The lowest BCUT2D eigenvalue weighted by Gasteiger charge is -2.30. The van der Waals surface area contributed by atoms with E-state index in [0.717, 1.165) is 61.4 Å². The summed E-state index contributed by atoms with van der Waals surface area (Å²) in [6.45, 7) is 1.55. The number of aryl methyl sites for hydroxylation is 2. The van der Waals surface area contributed by atoms with Crippen LogP contribution < -0.4 is 0 Å². The van der Waals surface area contributed by atoms with Crippen LogP contribution in [0.3, 0.4) is 0 Å². The van der Waals surface area contributed by atoms with Crippen LogP contribution in [0.5, 0.6) is 0 Å². The zero-order valence-electron chi connectivity index (χ0n) is 22.4. The molecule has 6 nitrogen and oxygen atoms in total. The molecule has 1 fully saturated rings. The molecule has 2 heterocycles. The van der Waals surface area contributed by atoms with Gasteiger partial charge in [-0.25, -0.2) is 9.97 Å². The second-order valence-electron chi connectivity index (χ2n) is 10.2. The highest BCUT2D eigenvalue weighted by Crippen LogP contribution is 2.34. The number of piperidine rings is 1. The molecular formula is C29H27BF6N3O3. The fourth-order valence-electron chi connectivity index (χ4n) is 5.16. The van der Waals surface area contributed by atoms with E-state index in [1.807, 2.05) is 29.1 Å². The third kappa shape index (κ3) is 8.18. The molecule has 1 N–H and O–H groups in total. The summed E-state index contributed by atoms with van der Waals surface area (Å²) in [4.78, 5) is 32.0. The topological polar surface area (TPSA) is 83.4 Å². The summed E-state index contributed by atoms with van der Waals surface area (Å²) in [5.74, 6) is -0.870. The first-order chi connectivity index (χ1) is 19.8. The summed E-state index contributed by atoms with van der Waals surface area (Å²) in [6, 6.07) is 10.3. The minimum Gasteiger partial charge on any atom is -0.481 e. The smallest absolute Gasteiger partial charge is 0.419 e. The van der Waals surface area contributed by atoms with E-state index in [1.54, 1.807) is 0 Å². The number of aromatic nitrogens is 2. The Morgan fingerprint density at radius 1 is 0.976 bits per heavy atom. The average Bonchev–Trinajstić information content (AvgIpc) is 2.92. The molecule has 1 radical (unpaired) electrons. The molecule has 0 unspecified atom stereocenters. The number of nitrogens with zero attached hydrogens (tertiary/aromatic N) is 3. The standard InChI is InChI=1S/C29H27BF6N3O3/c31-28(32,33)23-7-5-20(22(14-23)15-27(41)42)6-8-25-24(29(34,35)36)16-37-26(38-25)13-18-1-3-19(4-2-18)21-9-11-39(12-10-21)30-17-40/h1-5,7,14,16-17,21H,6,8-13,15H2,(H,41,42). The minimum absolute atomic E-state index is 0.118. The normalized spacial score (nSPS) is 15.0. The van der Waals surface area contributed by atoms with Crippen LogP contribution in [0.4, 0.5) is 26.3 Å². The van der Waals surface area contributed by atoms with Crippen molar-refractivity contribution in [1.82, 2.24) is 14.8 Å². The third-order valence-corrected chi connectivity index (χ3v) is 7.34. The van der Waals surface area contributed by atoms with Crippen molar-refractivity contribution in [2.75, 3.05) is 13.1 Å². The largest absolute Gasteiger partial charge is 0.481 e. The third-order valence-electron chi connectivity index (χ3n) is 7.34. The van der Waals surface area contributed by atoms with Crippen LogP contribution in [0.15, 0.2) is 48.7 Å². The average molecular weight is 590 g/mol. The molecule has 1 saturated heterocycles. The van der Waals surface area contributed by atoms with Crippen molar-refractivity contribution in [3.8, 4) is 0 Å². The van der Waals surface area contributed by atoms with Crippen molar-refractivity contribution < 1.29 is 41.0 Å². The number of rotatable bonds is 10. The summed E-state index contributed by atoms with van der Waals surface area (Å²) >= 11 is 0. The first-order valence-electron chi connectivity index (χ1n) is 13.3. The maximum absolute atomic E-state index is 13.8. The summed E-state index contributed by atoms with van der Waals surface area (Å²) < 4.78 is 80.7. The van der Waals surface area contributed by atoms with Crippen LogP contribution in [0.1, 0.15) is 63.7 Å². The Bertz CT molecular complexity index is 1410. The first kappa shape index (κ1) is 31.2. The summed E-state index contributed by atoms with van der Waals surface area (Å²) in [6.07, 6.45) is -7.13. The van der Waals surface area contributed by atoms with E-state index in [-0.39, 0.29) is 41.9 Å². The van der Waals surface area contributed by atoms with Gasteiger partial charge in [-0.05, 0) is 79.1 Å². The van der Waals surface area contributed by atoms with E-state index in [0.29, 0.717) is 12.1 Å². The zero-order chi connectivity index (χ0) is 30.5. The Balaban J connectivity index is 1.51. The number of carboxylic acid groups (broad SMARTS) is 1. The van der Waals surface area contributed by atoms with Crippen LogP contribution in [0.25, 0.3) is 0 Å². The fraction of sp³-hybridized carbons (Fsp3) is 0.379. The Morgan fingerprint density at radius 3 is 2.26 bits per heavy atom. The predicted molar refractivity (Wildman–Crippen MR) is 143 cm³/mol. The van der Waals surface area contributed by atoms with Gasteiger partial charge in [0.1, 0.15) is 5.82 Å². The molecule has 2 aromatic carbocycles. The van der Waals surface area contributed by atoms with Crippen molar-refractivity contribution in [1.29, 1.82) is 0 Å². The number of halogens is 6. The van der Waals surface area contributed by atoms with Crippen LogP contribution in [0.2, 0.25) is 0 Å². The molecule has 1 aliphatic rings. The van der Waals surface area contributed by atoms with Crippen molar-refractivity contribution in [3.63, 3.8) is 0 Å². The van der Waals surface area contributed by atoms with E-state index in [1.165, 1.54) is 7.41 Å². The van der Waals surface area contributed by atoms with Gasteiger partial charge in [0.25, 0.3) is 7.41 Å². The molecule has 0 bridgehead atoms. The Kier molecular flexibility index (Phi) is 9.70. The molecule has 42 heavy (non-hydrogen) atoms. The van der Waals surface area contributed by atoms with Gasteiger partial charge >= 0.3 is 18.3 Å². The number of carbonyl (C=O) groups is 2. The van der Waals surface area contributed by atoms with Gasteiger partial charge in [0.15, 0.2) is 0 Å². The van der Waals surface area contributed by atoms with E-state index in [2.05, 4.69) is 9.97 Å². The number of carboxylic acids is 1. The molecule has 4 rings (SSSR count). The number of benzene rings is 2. The molecule has 0 aliphatic carbocycles. The van der Waals surface area contributed by atoms with Crippen LogP contribution in [0, 0.1) is 0 Å². The van der Waals surface area contributed by atoms with Gasteiger partial charge in [0, 0.05) is 12.6 Å². The number of aliphatic carboxylic acids is 1. The Labute approximate surface area is 239 Å². The van der Waals surface area contributed by atoms with Crippen LogP contribution in [-0.2, 0) is 47.6 Å². The Hall–Kier alpha value is -3.74. The summed E-state index contributed by atoms with van der Waals surface area (Å²) in [7, 11) is 1.54. The molecule has 0 atom stereocenters. The van der Waals surface area contributed by atoms with E-state index in [4.69, 9.17) is 5.11 Å². The molecule has 221 valence electrons. The first-order valence-corrected chi connectivity index (χ1v) is 13.3. The molecule has 0 saturated carbocycles. The van der Waals surface area contributed by atoms with Gasteiger partial charge in [-0.15, -0.1) is 0 Å².